The Bertz CT molecular complexity index is 1130. The summed E-state index contributed by atoms with van der Waals surface area (Å²) >= 11 is 13.5. The minimum Gasteiger partial charge on any atom is -0.482 e. The Kier molecular flexibility index (Phi) is 5.48. The van der Waals surface area contributed by atoms with Crippen LogP contribution in [-0.2, 0) is 4.79 Å². The van der Waals surface area contributed by atoms with E-state index in [9.17, 15) is 4.79 Å². The first-order valence-electron chi connectivity index (χ1n) is 8.42. The number of fused-ring (bicyclic) bond motifs is 1. The van der Waals surface area contributed by atoms with Gasteiger partial charge in [0.05, 0.1) is 15.2 Å². The SMILES string of the molecule is O=C(COc1ccc(Cl)cc1Cl)Nc1cccc(-c2nc3ccccc3s2)c1. The van der Waals surface area contributed by atoms with Gasteiger partial charge in [-0.3, -0.25) is 4.79 Å². The largest absolute Gasteiger partial charge is 0.482 e. The van der Waals surface area contributed by atoms with Crippen molar-refractivity contribution in [2.45, 2.75) is 0 Å². The number of hydrogen-bond donors (Lipinski definition) is 1. The molecule has 4 nitrogen and oxygen atoms in total. The summed E-state index contributed by atoms with van der Waals surface area (Å²) in [4.78, 5) is 16.9. The van der Waals surface area contributed by atoms with Crippen molar-refractivity contribution in [3.8, 4) is 16.3 Å². The van der Waals surface area contributed by atoms with Gasteiger partial charge >= 0.3 is 0 Å². The highest BCUT2D eigenvalue weighted by Gasteiger charge is 2.10. The van der Waals surface area contributed by atoms with Crippen molar-refractivity contribution >= 4 is 56.3 Å². The minimum absolute atomic E-state index is 0.160. The fourth-order valence-electron chi connectivity index (χ4n) is 2.66. The van der Waals surface area contributed by atoms with Crippen molar-refractivity contribution in [1.82, 2.24) is 4.98 Å². The number of nitrogens with one attached hydrogen (secondary N) is 1. The third-order valence-electron chi connectivity index (χ3n) is 3.94. The van der Waals surface area contributed by atoms with E-state index in [1.165, 1.54) is 0 Å². The van der Waals surface area contributed by atoms with Crippen molar-refractivity contribution < 1.29 is 9.53 Å². The van der Waals surface area contributed by atoms with Crippen LogP contribution in [0.1, 0.15) is 0 Å². The Morgan fingerprint density at radius 3 is 2.71 bits per heavy atom. The first-order valence-corrected chi connectivity index (χ1v) is 9.99. The van der Waals surface area contributed by atoms with Gasteiger partial charge in [-0.05, 0) is 42.5 Å². The molecule has 0 saturated heterocycles. The number of hydrogen-bond acceptors (Lipinski definition) is 4. The van der Waals surface area contributed by atoms with Crippen LogP contribution in [0.4, 0.5) is 5.69 Å². The highest BCUT2D eigenvalue weighted by atomic mass is 35.5. The molecule has 1 heterocycles. The highest BCUT2D eigenvalue weighted by Crippen LogP contribution is 2.31. The zero-order valence-corrected chi connectivity index (χ0v) is 16.8. The normalized spacial score (nSPS) is 10.8. The van der Waals surface area contributed by atoms with E-state index >= 15 is 0 Å². The number of benzene rings is 3. The number of ether oxygens (including phenoxy) is 1. The third-order valence-corrected chi connectivity index (χ3v) is 5.56. The van der Waals surface area contributed by atoms with E-state index in [2.05, 4.69) is 10.3 Å². The van der Waals surface area contributed by atoms with Gasteiger partial charge in [-0.2, -0.15) is 0 Å². The van der Waals surface area contributed by atoms with Crippen LogP contribution in [0.5, 0.6) is 5.75 Å². The molecule has 1 amide bonds. The summed E-state index contributed by atoms with van der Waals surface area (Å²) in [5.74, 6) is 0.122. The van der Waals surface area contributed by atoms with Gasteiger partial charge in [-0.1, -0.05) is 47.5 Å². The monoisotopic (exact) mass is 428 g/mol. The van der Waals surface area contributed by atoms with Gasteiger partial charge < -0.3 is 10.1 Å². The topological polar surface area (TPSA) is 51.2 Å². The molecule has 0 bridgehead atoms. The Labute approximate surface area is 175 Å². The predicted octanol–water partition coefficient (Wildman–Crippen LogP) is 6.29. The molecular formula is C21H14Cl2N2O2S. The Morgan fingerprint density at radius 1 is 1.04 bits per heavy atom. The zero-order valence-electron chi connectivity index (χ0n) is 14.5. The molecule has 140 valence electrons. The lowest BCUT2D eigenvalue weighted by Gasteiger charge is -2.09. The van der Waals surface area contributed by atoms with E-state index in [-0.39, 0.29) is 12.5 Å². The van der Waals surface area contributed by atoms with Crippen molar-refractivity contribution in [2.24, 2.45) is 0 Å². The van der Waals surface area contributed by atoms with Crippen LogP contribution < -0.4 is 10.1 Å². The van der Waals surface area contributed by atoms with E-state index in [4.69, 9.17) is 27.9 Å². The molecule has 0 aliphatic rings. The quantitative estimate of drug-likeness (QED) is 0.406. The smallest absolute Gasteiger partial charge is 0.262 e. The zero-order chi connectivity index (χ0) is 19.5. The lowest BCUT2D eigenvalue weighted by Crippen LogP contribution is -2.20. The summed E-state index contributed by atoms with van der Waals surface area (Å²) in [5.41, 5.74) is 2.58. The Morgan fingerprint density at radius 2 is 1.89 bits per heavy atom. The first-order chi connectivity index (χ1) is 13.6. The van der Waals surface area contributed by atoms with Crippen LogP contribution in [0, 0.1) is 0 Å². The fourth-order valence-corrected chi connectivity index (χ4v) is 4.08. The number of carbonyl (C=O) groups is 1. The van der Waals surface area contributed by atoms with Crippen LogP contribution in [0.25, 0.3) is 20.8 Å². The summed E-state index contributed by atoms with van der Waals surface area (Å²) in [6.07, 6.45) is 0. The van der Waals surface area contributed by atoms with E-state index in [1.807, 2.05) is 48.5 Å². The van der Waals surface area contributed by atoms with Crippen LogP contribution in [0.3, 0.4) is 0 Å². The molecule has 1 N–H and O–H groups in total. The summed E-state index contributed by atoms with van der Waals surface area (Å²) < 4.78 is 6.59. The predicted molar refractivity (Wildman–Crippen MR) is 116 cm³/mol. The third kappa shape index (κ3) is 4.28. The molecule has 0 radical (unpaired) electrons. The number of para-hydroxylation sites is 1. The molecule has 0 saturated carbocycles. The number of rotatable bonds is 5. The van der Waals surface area contributed by atoms with Gasteiger partial charge in [0.1, 0.15) is 10.8 Å². The number of nitrogens with zero attached hydrogens (tertiary/aromatic N) is 1. The molecule has 7 heteroatoms. The summed E-state index contributed by atoms with van der Waals surface area (Å²) in [6.45, 7) is -0.160. The molecule has 4 aromatic rings. The molecule has 0 fully saturated rings. The summed E-state index contributed by atoms with van der Waals surface area (Å²) in [5, 5.41) is 4.60. The lowest BCUT2D eigenvalue weighted by atomic mass is 10.2. The molecule has 0 unspecified atom stereocenters. The maximum atomic E-state index is 12.2. The molecule has 0 aliphatic carbocycles. The van der Waals surface area contributed by atoms with Gasteiger partial charge in [-0.15, -0.1) is 11.3 Å². The molecule has 0 spiro atoms. The average Bonchev–Trinajstić information content (AvgIpc) is 3.12. The minimum atomic E-state index is -0.285. The van der Waals surface area contributed by atoms with E-state index in [0.29, 0.717) is 21.5 Å². The second-order valence-corrected chi connectivity index (χ2v) is 7.85. The van der Waals surface area contributed by atoms with E-state index in [1.54, 1.807) is 29.5 Å². The number of carbonyl (C=O) groups excluding carboxylic acids is 1. The van der Waals surface area contributed by atoms with Gasteiger partial charge in [0.25, 0.3) is 5.91 Å². The Hall–Kier alpha value is -2.60. The van der Waals surface area contributed by atoms with Crippen molar-refractivity contribution in [3.63, 3.8) is 0 Å². The first kappa shape index (κ1) is 18.7. The van der Waals surface area contributed by atoms with E-state index in [0.717, 1.165) is 20.8 Å². The van der Waals surface area contributed by atoms with Crippen molar-refractivity contribution in [3.05, 3.63) is 76.8 Å². The number of amides is 1. The van der Waals surface area contributed by atoms with Crippen molar-refractivity contribution in [2.75, 3.05) is 11.9 Å². The average molecular weight is 429 g/mol. The number of aromatic nitrogens is 1. The van der Waals surface area contributed by atoms with Crippen LogP contribution in [0.2, 0.25) is 10.0 Å². The van der Waals surface area contributed by atoms with Crippen LogP contribution in [-0.4, -0.2) is 17.5 Å². The second kappa shape index (κ2) is 8.19. The number of anilines is 1. The summed E-state index contributed by atoms with van der Waals surface area (Å²) in [7, 11) is 0. The molecular weight excluding hydrogens is 415 g/mol. The van der Waals surface area contributed by atoms with Crippen LogP contribution >= 0.6 is 34.5 Å². The second-order valence-electron chi connectivity index (χ2n) is 5.98. The summed E-state index contributed by atoms with van der Waals surface area (Å²) in [6, 6.07) is 20.4. The maximum Gasteiger partial charge on any atom is 0.262 e. The number of thiazole rings is 1. The van der Waals surface area contributed by atoms with Crippen molar-refractivity contribution in [1.29, 1.82) is 0 Å². The van der Waals surface area contributed by atoms with Gasteiger partial charge in [0.15, 0.2) is 6.61 Å². The lowest BCUT2D eigenvalue weighted by molar-refractivity contribution is -0.118. The van der Waals surface area contributed by atoms with Gasteiger partial charge in [0, 0.05) is 16.3 Å². The van der Waals surface area contributed by atoms with Gasteiger partial charge in [-0.25, -0.2) is 4.98 Å². The molecule has 4 rings (SSSR count). The molecule has 3 aromatic carbocycles. The van der Waals surface area contributed by atoms with E-state index < -0.39 is 0 Å². The fraction of sp³-hybridized carbons (Fsp3) is 0.0476. The Balaban J connectivity index is 1.44. The molecule has 0 atom stereocenters. The standard InChI is InChI=1S/C21H14Cl2N2O2S/c22-14-8-9-18(16(23)11-14)27-12-20(26)24-15-5-3-4-13(10-15)21-25-17-6-1-2-7-19(17)28-21/h1-11H,12H2,(H,24,26). The molecule has 28 heavy (non-hydrogen) atoms. The maximum absolute atomic E-state index is 12.2. The molecule has 1 aromatic heterocycles. The number of halogens is 2. The van der Waals surface area contributed by atoms with Gasteiger partial charge in [0.2, 0.25) is 0 Å². The highest BCUT2D eigenvalue weighted by molar-refractivity contribution is 7.21. The molecule has 0 aliphatic heterocycles. The van der Waals surface area contributed by atoms with Crippen LogP contribution in [0.15, 0.2) is 66.7 Å².